The summed E-state index contributed by atoms with van der Waals surface area (Å²) in [5, 5.41) is 14.1. The third-order valence-corrected chi connectivity index (χ3v) is 5.34. The van der Waals surface area contributed by atoms with Gasteiger partial charge >= 0.3 is 17.8 Å². The Labute approximate surface area is 209 Å². The highest BCUT2D eigenvalue weighted by molar-refractivity contribution is 5.94. The SMILES string of the molecule is COc1cc(OC)c2nc(Nc3nc4c(C)cc([N+](=O)[O-])c(OC(=O)C(F)(F)F)c4c(=O)[nH]3)nc(C)c2c1. The van der Waals surface area contributed by atoms with Crippen LogP contribution in [0, 0.1) is 24.0 Å². The average molecular weight is 534 g/mol. The lowest BCUT2D eigenvalue weighted by Gasteiger charge is -2.13. The minimum absolute atomic E-state index is 0.0238. The molecule has 0 aliphatic carbocycles. The Bertz CT molecular complexity index is 1690. The number of benzene rings is 2. The Hall–Kier alpha value is -5.02. The van der Waals surface area contributed by atoms with Gasteiger partial charge in [0, 0.05) is 17.5 Å². The fourth-order valence-corrected chi connectivity index (χ4v) is 3.64. The van der Waals surface area contributed by atoms with Gasteiger partial charge in [0.25, 0.3) is 5.56 Å². The quantitative estimate of drug-likeness (QED) is 0.160. The molecule has 2 heterocycles. The maximum atomic E-state index is 12.9. The van der Waals surface area contributed by atoms with E-state index >= 15 is 0 Å². The van der Waals surface area contributed by atoms with E-state index in [0.717, 1.165) is 6.07 Å². The monoisotopic (exact) mass is 534 g/mol. The van der Waals surface area contributed by atoms with Crippen molar-refractivity contribution in [2.24, 2.45) is 0 Å². The van der Waals surface area contributed by atoms with Gasteiger partial charge in [-0.3, -0.25) is 25.2 Å². The summed E-state index contributed by atoms with van der Waals surface area (Å²) < 4.78 is 53.3. The second kappa shape index (κ2) is 9.45. The van der Waals surface area contributed by atoms with Gasteiger partial charge in [0.1, 0.15) is 22.4 Å². The summed E-state index contributed by atoms with van der Waals surface area (Å²) in [5.41, 5.74) is -1.43. The summed E-state index contributed by atoms with van der Waals surface area (Å²) in [6, 6.07) is 4.15. The molecule has 0 saturated carbocycles. The number of hydrogen-bond donors (Lipinski definition) is 2. The van der Waals surface area contributed by atoms with Crippen molar-refractivity contribution in [1.29, 1.82) is 0 Å². The molecule has 0 radical (unpaired) electrons. The zero-order valence-corrected chi connectivity index (χ0v) is 20.0. The van der Waals surface area contributed by atoms with Crippen LogP contribution in [0.5, 0.6) is 17.2 Å². The maximum absolute atomic E-state index is 12.9. The predicted molar refractivity (Wildman–Crippen MR) is 126 cm³/mol. The number of H-pyrrole nitrogens is 1. The molecule has 4 aromatic rings. The molecular formula is C22H17F3N6O7. The van der Waals surface area contributed by atoms with Gasteiger partial charge in [-0.1, -0.05) is 0 Å². The predicted octanol–water partition coefficient (Wildman–Crippen LogP) is 3.62. The highest BCUT2D eigenvalue weighted by atomic mass is 19.4. The summed E-state index contributed by atoms with van der Waals surface area (Å²) in [4.78, 5) is 49.8. The van der Waals surface area contributed by atoms with E-state index in [4.69, 9.17) is 9.47 Å². The lowest BCUT2D eigenvalue weighted by Crippen LogP contribution is -2.29. The number of hydrogen-bond acceptors (Lipinski definition) is 11. The molecule has 0 bridgehead atoms. The number of alkyl halides is 3. The minimum atomic E-state index is -5.47. The number of aromatic amines is 1. The lowest BCUT2D eigenvalue weighted by atomic mass is 10.1. The Balaban J connectivity index is 1.86. The molecule has 2 N–H and O–H groups in total. The number of aromatic nitrogens is 4. The summed E-state index contributed by atoms with van der Waals surface area (Å²) in [6.45, 7) is 3.03. The number of halogens is 3. The van der Waals surface area contributed by atoms with Gasteiger partial charge in [-0.2, -0.15) is 13.2 Å². The van der Waals surface area contributed by atoms with E-state index in [-0.39, 0.29) is 23.0 Å². The van der Waals surface area contributed by atoms with Crippen molar-refractivity contribution in [2.45, 2.75) is 20.0 Å². The molecule has 0 saturated heterocycles. The van der Waals surface area contributed by atoms with Crippen LogP contribution in [0.25, 0.3) is 21.8 Å². The molecule has 0 unspecified atom stereocenters. The number of nitro groups is 1. The van der Waals surface area contributed by atoms with Crippen molar-refractivity contribution in [3.63, 3.8) is 0 Å². The van der Waals surface area contributed by atoms with Gasteiger partial charge in [-0.25, -0.2) is 19.7 Å². The number of fused-ring (bicyclic) bond motifs is 2. The second-order valence-electron chi connectivity index (χ2n) is 7.81. The van der Waals surface area contributed by atoms with Crippen LogP contribution in [0.4, 0.5) is 30.8 Å². The van der Waals surface area contributed by atoms with Gasteiger partial charge in [0.2, 0.25) is 17.6 Å². The van der Waals surface area contributed by atoms with E-state index in [1.165, 1.54) is 21.1 Å². The van der Waals surface area contributed by atoms with Crippen molar-refractivity contribution in [1.82, 2.24) is 19.9 Å². The first-order chi connectivity index (χ1) is 17.8. The highest BCUT2D eigenvalue weighted by Crippen LogP contribution is 2.37. The van der Waals surface area contributed by atoms with E-state index in [2.05, 4.69) is 30.0 Å². The van der Waals surface area contributed by atoms with Gasteiger partial charge in [-0.05, 0) is 25.5 Å². The van der Waals surface area contributed by atoms with E-state index in [1.807, 2.05) is 0 Å². The van der Waals surface area contributed by atoms with E-state index < -0.39 is 39.5 Å². The fraction of sp³-hybridized carbons (Fsp3) is 0.227. The van der Waals surface area contributed by atoms with Crippen molar-refractivity contribution >= 4 is 45.4 Å². The third-order valence-electron chi connectivity index (χ3n) is 5.34. The summed E-state index contributed by atoms with van der Waals surface area (Å²) in [6.07, 6.45) is -5.47. The molecule has 0 aliphatic rings. The van der Waals surface area contributed by atoms with Crippen molar-refractivity contribution < 1.29 is 37.1 Å². The molecule has 38 heavy (non-hydrogen) atoms. The first-order valence-corrected chi connectivity index (χ1v) is 10.5. The van der Waals surface area contributed by atoms with Crippen LogP contribution in [0.15, 0.2) is 23.0 Å². The van der Waals surface area contributed by atoms with Gasteiger partial charge in [-0.15, -0.1) is 0 Å². The fourth-order valence-electron chi connectivity index (χ4n) is 3.64. The standard InChI is InChI=1S/C22H17F3N6O7/c1-8-5-12(31(34)35)17(38-19(33)22(23,24)25)14-15(8)27-21(29-18(14)32)30-20-26-9(2)11-6-10(36-3)7-13(37-4)16(11)28-20/h5-7H,1-4H3,(H2,26,27,28,29,30,32). The minimum Gasteiger partial charge on any atom is -0.497 e. The maximum Gasteiger partial charge on any atom is 0.491 e. The van der Waals surface area contributed by atoms with Crippen molar-refractivity contribution in [3.05, 3.63) is 49.9 Å². The Kier molecular flexibility index (Phi) is 6.48. The first kappa shape index (κ1) is 26.1. The molecule has 0 amide bonds. The Morgan fingerprint density at radius 3 is 2.39 bits per heavy atom. The number of carbonyl (C=O) groups is 1. The first-order valence-electron chi connectivity index (χ1n) is 10.5. The average Bonchev–Trinajstić information content (AvgIpc) is 2.84. The summed E-state index contributed by atoms with van der Waals surface area (Å²) >= 11 is 0. The Morgan fingerprint density at radius 2 is 1.79 bits per heavy atom. The van der Waals surface area contributed by atoms with E-state index in [1.54, 1.807) is 19.1 Å². The molecule has 0 atom stereocenters. The summed E-state index contributed by atoms with van der Waals surface area (Å²) in [5.74, 6) is -3.31. The molecule has 0 aliphatic heterocycles. The number of esters is 1. The summed E-state index contributed by atoms with van der Waals surface area (Å²) in [7, 11) is 2.92. The van der Waals surface area contributed by atoms with Crippen molar-refractivity contribution in [2.75, 3.05) is 19.5 Å². The largest absolute Gasteiger partial charge is 0.497 e. The molecule has 198 valence electrons. The van der Waals surface area contributed by atoms with Crippen LogP contribution < -0.4 is 25.1 Å². The zero-order valence-electron chi connectivity index (χ0n) is 20.0. The molecule has 2 aromatic carbocycles. The number of anilines is 2. The van der Waals surface area contributed by atoms with E-state index in [0.29, 0.717) is 28.1 Å². The van der Waals surface area contributed by atoms with Crippen LogP contribution >= 0.6 is 0 Å². The lowest BCUT2D eigenvalue weighted by molar-refractivity contribution is -0.385. The normalized spacial score (nSPS) is 11.4. The number of carbonyl (C=O) groups excluding carboxylic acids is 1. The highest BCUT2D eigenvalue weighted by Gasteiger charge is 2.43. The number of rotatable bonds is 6. The number of methoxy groups -OCH3 is 2. The zero-order chi connectivity index (χ0) is 27.9. The molecular weight excluding hydrogens is 517 g/mol. The van der Waals surface area contributed by atoms with Gasteiger partial charge in [0.05, 0.1) is 30.4 Å². The molecule has 13 nitrogen and oxygen atoms in total. The topological polar surface area (TPSA) is 171 Å². The van der Waals surface area contributed by atoms with Crippen LogP contribution in [-0.4, -0.2) is 51.2 Å². The van der Waals surface area contributed by atoms with Crippen LogP contribution in [0.1, 0.15) is 11.3 Å². The number of nitrogens with zero attached hydrogens (tertiary/aromatic N) is 4. The van der Waals surface area contributed by atoms with Crippen LogP contribution in [0.2, 0.25) is 0 Å². The Morgan fingerprint density at radius 1 is 1.08 bits per heavy atom. The van der Waals surface area contributed by atoms with E-state index in [9.17, 15) is 32.9 Å². The molecule has 2 aromatic heterocycles. The molecule has 4 rings (SSSR count). The number of nitro benzene ring substituents is 1. The molecule has 0 spiro atoms. The molecule has 16 heteroatoms. The second-order valence-corrected chi connectivity index (χ2v) is 7.81. The van der Waals surface area contributed by atoms with Crippen molar-refractivity contribution in [3.8, 4) is 17.2 Å². The van der Waals surface area contributed by atoms with Gasteiger partial charge < -0.3 is 14.2 Å². The van der Waals surface area contributed by atoms with Crippen LogP contribution in [0.3, 0.4) is 0 Å². The number of ether oxygens (including phenoxy) is 3. The van der Waals surface area contributed by atoms with Crippen LogP contribution in [-0.2, 0) is 4.79 Å². The van der Waals surface area contributed by atoms with Gasteiger partial charge in [0.15, 0.2) is 0 Å². The number of aryl methyl sites for hydroxylation is 2. The third kappa shape index (κ3) is 4.70. The molecule has 0 fully saturated rings. The smallest absolute Gasteiger partial charge is 0.491 e. The number of nitrogens with one attached hydrogen (secondary N) is 2.